The monoisotopic (exact) mass is 270 g/mol. The molecule has 2 aliphatic heterocycles. The molecular formula is C14H22O5. The SMILES string of the molecule is COC=CC1C2CCC(O2)C1COC(=O)OC(C)C. The first-order valence-electron chi connectivity index (χ1n) is 6.80. The molecule has 0 aromatic carbocycles. The van der Waals surface area contributed by atoms with E-state index in [4.69, 9.17) is 18.9 Å². The quantitative estimate of drug-likeness (QED) is 0.567. The Morgan fingerprint density at radius 1 is 1.37 bits per heavy atom. The van der Waals surface area contributed by atoms with Crippen LogP contribution in [0, 0.1) is 11.8 Å². The number of fused-ring (bicyclic) bond motifs is 2. The summed E-state index contributed by atoms with van der Waals surface area (Å²) in [5.41, 5.74) is 0. The molecule has 5 heteroatoms. The van der Waals surface area contributed by atoms with Crippen LogP contribution in [0.5, 0.6) is 0 Å². The van der Waals surface area contributed by atoms with Crippen LogP contribution in [0.15, 0.2) is 12.3 Å². The van der Waals surface area contributed by atoms with Crippen molar-refractivity contribution in [2.75, 3.05) is 13.7 Å². The first-order valence-corrected chi connectivity index (χ1v) is 6.80. The molecule has 0 saturated carbocycles. The van der Waals surface area contributed by atoms with Crippen LogP contribution in [0.4, 0.5) is 4.79 Å². The zero-order chi connectivity index (χ0) is 13.8. The van der Waals surface area contributed by atoms with Gasteiger partial charge in [-0.2, -0.15) is 0 Å². The number of rotatable bonds is 5. The lowest BCUT2D eigenvalue weighted by Crippen LogP contribution is -2.31. The van der Waals surface area contributed by atoms with Gasteiger partial charge in [0.15, 0.2) is 0 Å². The predicted molar refractivity (Wildman–Crippen MR) is 68.6 cm³/mol. The van der Waals surface area contributed by atoms with Gasteiger partial charge in [0.1, 0.15) is 6.61 Å². The molecule has 2 heterocycles. The maximum atomic E-state index is 11.4. The molecule has 0 radical (unpaired) electrons. The number of ether oxygens (including phenoxy) is 4. The van der Waals surface area contributed by atoms with Crippen LogP contribution in [-0.2, 0) is 18.9 Å². The van der Waals surface area contributed by atoms with Gasteiger partial charge < -0.3 is 18.9 Å². The summed E-state index contributed by atoms with van der Waals surface area (Å²) in [4.78, 5) is 11.4. The molecule has 2 saturated heterocycles. The molecule has 108 valence electrons. The molecule has 2 aliphatic rings. The van der Waals surface area contributed by atoms with Crippen LogP contribution in [0.1, 0.15) is 26.7 Å². The van der Waals surface area contributed by atoms with Gasteiger partial charge in [0.2, 0.25) is 0 Å². The van der Waals surface area contributed by atoms with E-state index in [0.717, 1.165) is 12.8 Å². The van der Waals surface area contributed by atoms with Crippen molar-refractivity contribution in [1.29, 1.82) is 0 Å². The van der Waals surface area contributed by atoms with Gasteiger partial charge in [-0.1, -0.05) is 0 Å². The number of hydrogen-bond acceptors (Lipinski definition) is 5. The van der Waals surface area contributed by atoms with Crippen LogP contribution in [-0.4, -0.2) is 38.2 Å². The molecule has 5 nitrogen and oxygen atoms in total. The van der Waals surface area contributed by atoms with E-state index < -0.39 is 6.16 Å². The minimum absolute atomic E-state index is 0.159. The molecule has 4 atom stereocenters. The largest absolute Gasteiger partial charge is 0.508 e. The molecule has 2 fully saturated rings. The number of methoxy groups -OCH3 is 1. The van der Waals surface area contributed by atoms with Gasteiger partial charge in [0, 0.05) is 11.8 Å². The van der Waals surface area contributed by atoms with Crippen molar-refractivity contribution < 1.29 is 23.7 Å². The average Bonchev–Trinajstić information content (AvgIpc) is 2.93. The second-order valence-corrected chi connectivity index (χ2v) is 5.32. The number of hydrogen-bond donors (Lipinski definition) is 0. The van der Waals surface area contributed by atoms with Crippen molar-refractivity contribution in [1.82, 2.24) is 0 Å². The topological polar surface area (TPSA) is 54.0 Å². The second-order valence-electron chi connectivity index (χ2n) is 5.32. The third-order valence-corrected chi connectivity index (χ3v) is 3.65. The maximum Gasteiger partial charge on any atom is 0.508 e. The van der Waals surface area contributed by atoms with Crippen LogP contribution in [0.3, 0.4) is 0 Å². The molecule has 4 unspecified atom stereocenters. The summed E-state index contributed by atoms with van der Waals surface area (Å²) in [6, 6.07) is 0. The van der Waals surface area contributed by atoms with Gasteiger partial charge >= 0.3 is 6.16 Å². The summed E-state index contributed by atoms with van der Waals surface area (Å²) in [7, 11) is 1.62. The third kappa shape index (κ3) is 3.41. The first kappa shape index (κ1) is 14.2. The molecule has 0 aliphatic carbocycles. The zero-order valence-electron chi connectivity index (χ0n) is 11.7. The van der Waals surface area contributed by atoms with Crippen molar-refractivity contribution >= 4 is 6.16 Å². The smallest absolute Gasteiger partial charge is 0.505 e. The lowest BCUT2D eigenvalue weighted by Gasteiger charge is -2.25. The van der Waals surface area contributed by atoms with E-state index >= 15 is 0 Å². The summed E-state index contributed by atoms with van der Waals surface area (Å²) in [6.45, 7) is 3.93. The molecule has 0 aromatic rings. The summed E-state index contributed by atoms with van der Waals surface area (Å²) in [6.07, 6.45) is 5.43. The van der Waals surface area contributed by atoms with Crippen LogP contribution in [0.25, 0.3) is 0 Å². The fourth-order valence-electron chi connectivity index (χ4n) is 2.86. The van der Waals surface area contributed by atoms with Crippen molar-refractivity contribution in [2.45, 2.75) is 45.0 Å². The molecule has 0 aromatic heterocycles. The lowest BCUT2D eigenvalue weighted by atomic mass is 9.80. The first-order chi connectivity index (χ1) is 9.11. The van der Waals surface area contributed by atoms with E-state index in [1.807, 2.05) is 6.08 Å². The van der Waals surface area contributed by atoms with Gasteiger partial charge in [0.25, 0.3) is 0 Å². The van der Waals surface area contributed by atoms with E-state index in [2.05, 4.69) is 0 Å². The Hall–Kier alpha value is -1.23. The molecule has 19 heavy (non-hydrogen) atoms. The van der Waals surface area contributed by atoms with E-state index in [1.54, 1.807) is 27.2 Å². The normalized spacial score (nSPS) is 33.1. The number of carbonyl (C=O) groups is 1. The van der Waals surface area contributed by atoms with Gasteiger partial charge in [-0.3, -0.25) is 0 Å². The molecule has 2 bridgehead atoms. The highest BCUT2D eigenvalue weighted by molar-refractivity contribution is 5.60. The summed E-state index contributed by atoms with van der Waals surface area (Å²) in [5, 5.41) is 0. The highest BCUT2D eigenvalue weighted by atomic mass is 16.7. The fraction of sp³-hybridized carbons (Fsp3) is 0.786. The minimum atomic E-state index is -0.604. The zero-order valence-corrected chi connectivity index (χ0v) is 11.7. The molecular weight excluding hydrogens is 248 g/mol. The Kier molecular flexibility index (Phi) is 4.69. The summed E-state index contributed by atoms with van der Waals surface area (Å²) >= 11 is 0. The van der Waals surface area contributed by atoms with Gasteiger partial charge in [-0.15, -0.1) is 0 Å². The molecule has 0 spiro atoms. The van der Waals surface area contributed by atoms with Crippen molar-refractivity contribution in [2.24, 2.45) is 11.8 Å². The Morgan fingerprint density at radius 2 is 2.11 bits per heavy atom. The average molecular weight is 270 g/mol. The number of carbonyl (C=O) groups excluding carboxylic acids is 1. The highest BCUT2D eigenvalue weighted by Crippen LogP contribution is 2.44. The molecule has 0 amide bonds. The predicted octanol–water partition coefficient (Wildman–Crippen LogP) is 2.50. The van der Waals surface area contributed by atoms with E-state index in [1.165, 1.54) is 0 Å². The third-order valence-electron chi connectivity index (χ3n) is 3.65. The van der Waals surface area contributed by atoms with Crippen LogP contribution in [0.2, 0.25) is 0 Å². The Morgan fingerprint density at radius 3 is 2.79 bits per heavy atom. The van der Waals surface area contributed by atoms with Gasteiger partial charge in [-0.05, 0) is 32.8 Å². The van der Waals surface area contributed by atoms with Crippen molar-refractivity contribution in [3.05, 3.63) is 12.3 Å². The van der Waals surface area contributed by atoms with E-state index in [0.29, 0.717) is 6.61 Å². The van der Waals surface area contributed by atoms with Crippen LogP contribution < -0.4 is 0 Å². The highest BCUT2D eigenvalue weighted by Gasteiger charge is 2.48. The second kappa shape index (κ2) is 6.28. The van der Waals surface area contributed by atoms with Crippen LogP contribution >= 0.6 is 0 Å². The maximum absolute atomic E-state index is 11.4. The van der Waals surface area contributed by atoms with Gasteiger partial charge in [-0.25, -0.2) is 4.79 Å². The minimum Gasteiger partial charge on any atom is -0.505 e. The van der Waals surface area contributed by atoms with Crippen molar-refractivity contribution in [3.8, 4) is 0 Å². The molecule has 0 N–H and O–H groups in total. The fourth-order valence-corrected chi connectivity index (χ4v) is 2.86. The Labute approximate surface area is 113 Å². The Balaban J connectivity index is 1.87. The standard InChI is InChI=1S/C14H22O5/c1-9(2)18-14(15)17-8-11-10(6-7-16-3)12-4-5-13(11)19-12/h6-7,9-13H,4-5,8H2,1-3H3. The summed E-state index contributed by atoms with van der Waals surface area (Å²) in [5.74, 6) is 0.454. The summed E-state index contributed by atoms with van der Waals surface area (Å²) < 4.78 is 21.0. The lowest BCUT2D eigenvalue weighted by molar-refractivity contribution is 0.0142. The van der Waals surface area contributed by atoms with Crippen molar-refractivity contribution in [3.63, 3.8) is 0 Å². The van der Waals surface area contributed by atoms with Gasteiger partial charge in [0.05, 0.1) is 31.7 Å². The van der Waals surface area contributed by atoms with E-state index in [-0.39, 0.29) is 30.1 Å². The Bertz CT molecular complexity index is 339. The van der Waals surface area contributed by atoms with E-state index in [9.17, 15) is 4.79 Å². The molecule has 2 rings (SSSR count).